The number of benzene rings is 4. The molecule has 0 radical (unpaired) electrons. The van der Waals surface area contributed by atoms with Crippen LogP contribution in [0.4, 0.5) is 0 Å². The van der Waals surface area contributed by atoms with Crippen molar-refractivity contribution in [2.24, 2.45) is 0 Å². The summed E-state index contributed by atoms with van der Waals surface area (Å²) in [7, 11) is -1.97. The Morgan fingerprint density at radius 3 is 1.78 bits per heavy atom. The maximum atomic E-state index is 13.0. The maximum absolute atomic E-state index is 13.0. The van der Waals surface area contributed by atoms with Crippen LogP contribution in [0.25, 0.3) is 0 Å². The Hall–Kier alpha value is -2.71. The molecule has 0 unspecified atom stereocenters. The Bertz CT molecular complexity index is 1300. The van der Waals surface area contributed by atoms with E-state index in [1.165, 1.54) is 0 Å². The molecule has 0 atom stereocenters. The first-order valence-electron chi connectivity index (χ1n) is 11.6. The van der Waals surface area contributed by atoms with Gasteiger partial charge < -0.3 is 4.74 Å². The van der Waals surface area contributed by atoms with Crippen molar-refractivity contribution >= 4 is 33.5 Å². The van der Waals surface area contributed by atoms with Gasteiger partial charge in [0.2, 0.25) is 10.0 Å². The van der Waals surface area contributed by atoms with Gasteiger partial charge in [-0.15, -0.1) is 23.5 Å². The second-order valence-electron chi connectivity index (χ2n) is 8.27. The van der Waals surface area contributed by atoms with Gasteiger partial charge in [-0.25, -0.2) is 13.1 Å². The van der Waals surface area contributed by atoms with Gasteiger partial charge in [0.25, 0.3) is 0 Å². The number of hydrogen-bond donors (Lipinski definition) is 1. The first-order valence-corrected chi connectivity index (χ1v) is 14.7. The molecule has 0 heterocycles. The molecule has 4 aromatic carbocycles. The molecule has 0 fully saturated rings. The second kappa shape index (κ2) is 12.0. The SMILES string of the molecule is COc1ccc(C(CCNS(=O)(=O)c2ccc(C)cc2)(Sc2ccccc2)Sc2ccccc2)cc1. The fourth-order valence-electron chi connectivity index (χ4n) is 3.74. The van der Waals surface area contributed by atoms with Gasteiger partial charge in [0, 0.05) is 16.3 Å². The van der Waals surface area contributed by atoms with Gasteiger partial charge in [0.15, 0.2) is 0 Å². The summed E-state index contributed by atoms with van der Waals surface area (Å²) in [5.41, 5.74) is 2.10. The number of rotatable bonds is 11. The number of hydrogen-bond acceptors (Lipinski definition) is 5. The van der Waals surface area contributed by atoms with Crippen molar-refractivity contribution in [3.63, 3.8) is 0 Å². The van der Waals surface area contributed by atoms with Crippen LogP contribution in [-0.2, 0) is 14.1 Å². The molecule has 0 aliphatic carbocycles. The van der Waals surface area contributed by atoms with Crippen LogP contribution >= 0.6 is 23.5 Å². The summed E-state index contributed by atoms with van der Waals surface area (Å²) < 4.78 is 33.8. The van der Waals surface area contributed by atoms with Crippen LogP contribution in [0, 0.1) is 6.92 Å². The summed E-state index contributed by atoms with van der Waals surface area (Å²) in [6.45, 7) is 2.22. The number of sulfonamides is 1. The molecular weight excluding hydrogens is 507 g/mol. The van der Waals surface area contributed by atoms with Gasteiger partial charge in [-0.05, 0) is 67.4 Å². The molecule has 0 saturated heterocycles. The highest BCUT2D eigenvalue weighted by molar-refractivity contribution is 8.17. The van der Waals surface area contributed by atoms with Crippen LogP contribution in [0.5, 0.6) is 5.75 Å². The number of aryl methyl sites for hydroxylation is 1. The maximum Gasteiger partial charge on any atom is 0.240 e. The van der Waals surface area contributed by atoms with E-state index in [0.717, 1.165) is 26.7 Å². The molecule has 0 spiro atoms. The topological polar surface area (TPSA) is 55.4 Å². The summed E-state index contributed by atoms with van der Waals surface area (Å²) >= 11 is 3.47. The van der Waals surface area contributed by atoms with Crippen LogP contribution in [0.3, 0.4) is 0 Å². The molecule has 0 amide bonds. The third kappa shape index (κ3) is 6.73. The fraction of sp³-hybridized carbons (Fsp3) is 0.172. The first-order chi connectivity index (χ1) is 17.4. The molecule has 186 valence electrons. The predicted molar refractivity (Wildman–Crippen MR) is 150 cm³/mol. The van der Waals surface area contributed by atoms with E-state index in [4.69, 9.17) is 4.74 Å². The van der Waals surface area contributed by atoms with Crippen molar-refractivity contribution in [2.75, 3.05) is 13.7 Å². The lowest BCUT2D eigenvalue weighted by Gasteiger charge is -2.34. The largest absolute Gasteiger partial charge is 0.497 e. The molecule has 0 bridgehead atoms. The zero-order valence-corrected chi connectivity index (χ0v) is 22.7. The molecule has 1 N–H and O–H groups in total. The predicted octanol–water partition coefficient (Wildman–Crippen LogP) is 7.11. The van der Waals surface area contributed by atoms with Gasteiger partial charge >= 0.3 is 0 Å². The summed E-state index contributed by atoms with van der Waals surface area (Å²) in [6, 6.07) is 35.4. The molecule has 7 heteroatoms. The van der Waals surface area contributed by atoms with E-state index in [-0.39, 0.29) is 11.4 Å². The normalized spacial score (nSPS) is 11.8. The van der Waals surface area contributed by atoms with Crippen LogP contribution in [0.1, 0.15) is 17.5 Å². The van der Waals surface area contributed by atoms with Gasteiger partial charge in [-0.3, -0.25) is 0 Å². The van der Waals surface area contributed by atoms with Crippen molar-refractivity contribution < 1.29 is 13.2 Å². The Morgan fingerprint density at radius 2 is 1.28 bits per heavy atom. The standard InChI is InChI=1S/C29H29NO3S3/c1-23-13-19-28(20-14-23)36(31,32)30-22-21-29(34-26-9-5-3-6-10-26,35-27-11-7-4-8-12-27)24-15-17-25(33-2)18-16-24/h3-20,30H,21-22H2,1-2H3. The highest BCUT2D eigenvalue weighted by Crippen LogP contribution is 2.55. The Morgan fingerprint density at radius 1 is 0.750 bits per heavy atom. The highest BCUT2D eigenvalue weighted by atomic mass is 32.2. The lowest BCUT2D eigenvalue weighted by Crippen LogP contribution is -2.30. The Balaban J connectivity index is 1.69. The molecule has 36 heavy (non-hydrogen) atoms. The summed E-state index contributed by atoms with van der Waals surface area (Å²) in [4.78, 5) is 2.49. The van der Waals surface area contributed by atoms with E-state index in [1.807, 2.05) is 67.6 Å². The van der Waals surface area contributed by atoms with Crippen molar-refractivity contribution in [3.05, 3.63) is 120 Å². The molecule has 4 rings (SSSR count). The second-order valence-corrected chi connectivity index (χ2v) is 13.0. The number of ether oxygens (including phenoxy) is 1. The minimum atomic E-state index is -3.63. The lowest BCUT2D eigenvalue weighted by molar-refractivity contribution is 0.414. The minimum Gasteiger partial charge on any atom is -0.497 e. The van der Waals surface area contributed by atoms with Crippen molar-refractivity contribution in [1.82, 2.24) is 4.72 Å². The van der Waals surface area contributed by atoms with E-state index in [9.17, 15) is 8.42 Å². The first kappa shape index (κ1) is 26.4. The Labute approximate surface area is 222 Å². The molecular formula is C29H29NO3S3. The molecule has 4 nitrogen and oxygen atoms in total. The molecule has 0 aliphatic rings. The van der Waals surface area contributed by atoms with E-state index in [1.54, 1.807) is 42.8 Å². The third-order valence-electron chi connectivity index (χ3n) is 5.66. The van der Waals surface area contributed by atoms with Gasteiger partial charge in [0.1, 0.15) is 5.75 Å². The molecule has 0 saturated carbocycles. The van der Waals surface area contributed by atoms with E-state index < -0.39 is 14.1 Å². The van der Waals surface area contributed by atoms with E-state index >= 15 is 0 Å². The summed E-state index contributed by atoms with van der Waals surface area (Å²) in [6.07, 6.45) is 0.559. The summed E-state index contributed by atoms with van der Waals surface area (Å²) in [5, 5.41) is 0. The average molecular weight is 536 g/mol. The quantitative estimate of drug-likeness (QED) is 0.164. The van der Waals surface area contributed by atoms with E-state index in [2.05, 4.69) is 41.1 Å². The number of methoxy groups -OCH3 is 1. The van der Waals surface area contributed by atoms with Crippen LogP contribution in [0.15, 0.2) is 124 Å². The smallest absolute Gasteiger partial charge is 0.240 e. The van der Waals surface area contributed by atoms with E-state index in [0.29, 0.717) is 6.42 Å². The lowest BCUT2D eigenvalue weighted by atomic mass is 10.1. The minimum absolute atomic E-state index is 0.273. The zero-order valence-electron chi connectivity index (χ0n) is 20.3. The van der Waals surface area contributed by atoms with Crippen molar-refractivity contribution in [3.8, 4) is 5.75 Å². The Kier molecular flexibility index (Phi) is 8.80. The number of thioether (sulfide) groups is 2. The van der Waals surface area contributed by atoms with Crippen LogP contribution in [-0.4, -0.2) is 22.1 Å². The zero-order chi connectivity index (χ0) is 25.4. The van der Waals surface area contributed by atoms with Crippen molar-refractivity contribution in [2.45, 2.75) is 32.1 Å². The monoisotopic (exact) mass is 535 g/mol. The molecule has 0 aliphatic heterocycles. The van der Waals surface area contributed by atoms with Gasteiger partial charge in [-0.2, -0.15) is 0 Å². The molecule has 4 aromatic rings. The fourth-order valence-corrected chi connectivity index (χ4v) is 7.78. The average Bonchev–Trinajstić information content (AvgIpc) is 2.90. The van der Waals surface area contributed by atoms with Gasteiger partial charge in [-0.1, -0.05) is 66.2 Å². The molecule has 0 aromatic heterocycles. The van der Waals surface area contributed by atoms with Crippen LogP contribution in [0.2, 0.25) is 0 Å². The number of nitrogens with one attached hydrogen (secondary N) is 1. The van der Waals surface area contributed by atoms with Crippen LogP contribution < -0.4 is 9.46 Å². The van der Waals surface area contributed by atoms with Crippen molar-refractivity contribution in [1.29, 1.82) is 0 Å². The van der Waals surface area contributed by atoms with Gasteiger partial charge in [0.05, 0.1) is 16.1 Å². The highest BCUT2D eigenvalue weighted by Gasteiger charge is 2.35. The third-order valence-corrected chi connectivity index (χ3v) is 10.2. The summed E-state index contributed by atoms with van der Waals surface area (Å²) in [5.74, 6) is 0.780.